The number of aromatic nitrogens is 6. The molecule has 0 amide bonds. The Bertz CT molecular complexity index is 1330. The first-order valence-corrected chi connectivity index (χ1v) is 10.2. The SMILES string of the molecule is O=c1n(Cn2cc(-c3cccc(C(F)(F)F)c3)nn2)nc(-c2ccc(Cl)cc2)n1C1CC1. The molecule has 1 aliphatic rings. The van der Waals surface area contributed by atoms with Crippen molar-refractivity contribution in [2.45, 2.75) is 31.7 Å². The lowest BCUT2D eigenvalue weighted by molar-refractivity contribution is -0.137. The summed E-state index contributed by atoms with van der Waals surface area (Å²) in [6.07, 6.45) is -1.17. The molecule has 4 aromatic rings. The molecule has 0 unspecified atom stereocenters. The molecule has 1 saturated carbocycles. The van der Waals surface area contributed by atoms with Crippen LogP contribution in [0.2, 0.25) is 5.02 Å². The Morgan fingerprint density at radius 1 is 1.06 bits per heavy atom. The molecule has 2 heterocycles. The second-order valence-corrected chi connectivity index (χ2v) is 8.01. The highest BCUT2D eigenvalue weighted by Gasteiger charge is 2.31. The minimum absolute atomic E-state index is 0.0227. The van der Waals surface area contributed by atoms with Crippen LogP contribution in [0.15, 0.2) is 59.5 Å². The van der Waals surface area contributed by atoms with Crippen LogP contribution in [0.25, 0.3) is 22.6 Å². The van der Waals surface area contributed by atoms with E-state index in [1.807, 2.05) is 0 Å². The summed E-state index contributed by atoms with van der Waals surface area (Å²) in [5.74, 6) is 0.535. The average molecular weight is 461 g/mol. The van der Waals surface area contributed by atoms with Crippen molar-refractivity contribution in [2.75, 3.05) is 0 Å². The van der Waals surface area contributed by atoms with E-state index in [1.165, 1.54) is 27.7 Å². The van der Waals surface area contributed by atoms with Gasteiger partial charge in [0.2, 0.25) is 0 Å². The molecule has 2 aromatic heterocycles. The highest BCUT2D eigenvalue weighted by Crippen LogP contribution is 2.36. The zero-order valence-corrected chi connectivity index (χ0v) is 17.3. The van der Waals surface area contributed by atoms with Crippen LogP contribution in [-0.4, -0.2) is 29.3 Å². The standard InChI is InChI=1S/C21H16ClF3N6O/c22-16-6-4-13(5-7-16)19-27-30(20(32)31(19)17-8-9-17)12-29-11-18(26-28-29)14-2-1-3-15(10-14)21(23,24)25/h1-7,10-11,17H,8-9,12H2. The zero-order valence-electron chi connectivity index (χ0n) is 16.5. The maximum atomic E-state index is 13.0. The van der Waals surface area contributed by atoms with E-state index >= 15 is 0 Å². The highest BCUT2D eigenvalue weighted by atomic mass is 35.5. The average Bonchev–Trinajstić information content (AvgIpc) is 3.40. The van der Waals surface area contributed by atoms with Crippen LogP contribution in [-0.2, 0) is 12.8 Å². The zero-order chi connectivity index (χ0) is 22.5. The third kappa shape index (κ3) is 3.93. The fourth-order valence-electron chi connectivity index (χ4n) is 3.46. The quantitative estimate of drug-likeness (QED) is 0.440. The molecule has 0 atom stereocenters. The topological polar surface area (TPSA) is 70.5 Å². The van der Waals surface area contributed by atoms with E-state index in [4.69, 9.17) is 11.6 Å². The Kier molecular flexibility index (Phi) is 4.89. The van der Waals surface area contributed by atoms with Crippen LogP contribution < -0.4 is 5.69 Å². The Morgan fingerprint density at radius 3 is 2.50 bits per heavy atom. The van der Waals surface area contributed by atoms with E-state index in [2.05, 4.69) is 15.4 Å². The summed E-state index contributed by atoms with van der Waals surface area (Å²) >= 11 is 5.97. The lowest BCUT2D eigenvalue weighted by Gasteiger charge is -2.07. The van der Waals surface area contributed by atoms with Gasteiger partial charge in [-0.1, -0.05) is 28.9 Å². The lowest BCUT2D eigenvalue weighted by atomic mass is 10.1. The van der Waals surface area contributed by atoms with Gasteiger partial charge in [0.05, 0.1) is 11.8 Å². The van der Waals surface area contributed by atoms with Gasteiger partial charge in [-0.3, -0.25) is 4.57 Å². The van der Waals surface area contributed by atoms with Crippen LogP contribution in [0.3, 0.4) is 0 Å². The molecule has 5 rings (SSSR count). The number of nitrogens with zero attached hydrogens (tertiary/aromatic N) is 6. The second kappa shape index (κ2) is 7.63. The lowest BCUT2D eigenvalue weighted by Crippen LogP contribution is -2.27. The molecule has 1 aliphatic carbocycles. The molecule has 32 heavy (non-hydrogen) atoms. The molecule has 0 radical (unpaired) electrons. The van der Waals surface area contributed by atoms with Gasteiger partial charge in [-0.05, 0) is 49.2 Å². The van der Waals surface area contributed by atoms with Crippen LogP contribution in [0.1, 0.15) is 24.4 Å². The molecule has 0 bridgehead atoms. The Hall–Kier alpha value is -3.40. The number of hydrogen-bond acceptors (Lipinski definition) is 4. The van der Waals surface area contributed by atoms with E-state index in [1.54, 1.807) is 28.8 Å². The molecule has 0 spiro atoms. The van der Waals surface area contributed by atoms with E-state index in [-0.39, 0.29) is 29.7 Å². The first kappa shape index (κ1) is 20.5. The van der Waals surface area contributed by atoms with Gasteiger partial charge in [0.15, 0.2) is 5.82 Å². The summed E-state index contributed by atoms with van der Waals surface area (Å²) in [6.45, 7) is -0.0227. The smallest absolute Gasteiger partial charge is 0.272 e. The van der Waals surface area contributed by atoms with Gasteiger partial charge in [-0.15, -0.1) is 10.2 Å². The molecular formula is C21H16ClF3N6O. The van der Waals surface area contributed by atoms with Crippen molar-refractivity contribution >= 4 is 11.6 Å². The van der Waals surface area contributed by atoms with Crippen molar-refractivity contribution in [1.29, 1.82) is 0 Å². The predicted molar refractivity (Wildman–Crippen MR) is 111 cm³/mol. The highest BCUT2D eigenvalue weighted by molar-refractivity contribution is 6.30. The van der Waals surface area contributed by atoms with Gasteiger partial charge >= 0.3 is 11.9 Å². The van der Waals surface area contributed by atoms with Gasteiger partial charge in [-0.2, -0.15) is 17.9 Å². The van der Waals surface area contributed by atoms with Crippen molar-refractivity contribution in [3.05, 3.63) is 75.8 Å². The third-order valence-corrected chi connectivity index (χ3v) is 5.44. The minimum atomic E-state index is -4.45. The number of alkyl halides is 3. The van der Waals surface area contributed by atoms with Crippen molar-refractivity contribution < 1.29 is 13.2 Å². The van der Waals surface area contributed by atoms with E-state index < -0.39 is 11.7 Å². The van der Waals surface area contributed by atoms with Gasteiger partial charge in [-0.25, -0.2) is 9.48 Å². The molecule has 164 valence electrons. The molecule has 1 fully saturated rings. The number of rotatable bonds is 5. The van der Waals surface area contributed by atoms with E-state index in [0.29, 0.717) is 10.8 Å². The van der Waals surface area contributed by atoms with Gasteiger partial charge in [0.25, 0.3) is 0 Å². The Labute approximate surface area is 184 Å². The molecule has 0 aliphatic heterocycles. The first-order chi connectivity index (χ1) is 15.3. The Morgan fingerprint density at radius 2 is 1.81 bits per heavy atom. The van der Waals surface area contributed by atoms with Crippen LogP contribution in [0, 0.1) is 0 Å². The van der Waals surface area contributed by atoms with Crippen LogP contribution >= 0.6 is 11.6 Å². The maximum Gasteiger partial charge on any atom is 0.416 e. The molecule has 0 N–H and O–H groups in total. The fourth-order valence-corrected chi connectivity index (χ4v) is 3.59. The van der Waals surface area contributed by atoms with Crippen molar-refractivity contribution in [2.24, 2.45) is 0 Å². The number of hydrogen-bond donors (Lipinski definition) is 0. The molecule has 7 nitrogen and oxygen atoms in total. The Balaban J connectivity index is 1.46. The van der Waals surface area contributed by atoms with Crippen LogP contribution in [0.5, 0.6) is 0 Å². The molecule has 2 aromatic carbocycles. The van der Waals surface area contributed by atoms with E-state index in [0.717, 1.165) is 30.5 Å². The first-order valence-electron chi connectivity index (χ1n) is 9.82. The van der Waals surface area contributed by atoms with Crippen molar-refractivity contribution in [1.82, 2.24) is 29.3 Å². The summed E-state index contributed by atoms with van der Waals surface area (Å²) in [7, 11) is 0. The fraction of sp³-hybridized carbons (Fsp3) is 0.238. The summed E-state index contributed by atoms with van der Waals surface area (Å²) < 4.78 is 43.3. The van der Waals surface area contributed by atoms with E-state index in [9.17, 15) is 18.0 Å². The molecule has 11 heteroatoms. The van der Waals surface area contributed by atoms with Crippen molar-refractivity contribution in [3.63, 3.8) is 0 Å². The van der Waals surface area contributed by atoms with Gasteiger partial charge in [0.1, 0.15) is 12.4 Å². The predicted octanol–water partition coefficient (Wildman–Crippen LogP) is 4.48. The summed E-state index contributed by atoms with van der Waals surface area (Å²) in [5, 5.41) is 13.0. The van der Waals surface area contributed by atoms with Crippen molar-refractivity contribution in [3.8, 4) is 22.6 Å². The monoisotopic (exact) mass is 460 g/mol. The summed E-state index contributed by atoms with van der Waals surface area (Å²) in [5.41, 5.74) is 0.262. The summed E-state index contributed by atoms with van der Waals surface area (Å²) in [4.78, 5) is 13.0. The van der Waals surface area contributed by atoms with Gasteiger partial charge in [0, 0.05) is 22.2 Å². The normalized spacial score (nSPS) is 14.1. The second-order valence-electron chi connectivity index (χ2n) is 7.58. The van der Waals surface area contributed by atoms with Crippen LogP contribution in [0.4, 0.5) is 13.2 Å². The summed E-state index contributed by atoms with van der Waals surface area (Å²) in [6, 6.07) is 12.0. The number of benzene rings is 2. The molecule has 0 saturated heterocycles. The third-order valence-electron chi connectivity index (χ3n) is 5.19. The molecular weight excluding hydrogens is 445 g/mol. The number of halogens is 4. The largest absolute Gasteiger partial charge is 0.416 e. The minimum Gasteiger partial charge on any atom is -0.272 e. The maximum absolute atomic E-state index is 13.0. The van der Waals surface area contributed by atoms with Gasteiger partial charge < -0.3 is 0 Å².